The summed E-state index contributed by atoms with van der Waals surface area (Å²) in [6.07, 6.45) is -2.14. The Morgan fingerprint density at radius 3 is 2.33 bits per heavy atom. The first-order valence-corrected chi connectivity index (χ1v) is 7.91. The number of hydrogen-bond acceptors (Lipinski definition) is 3. The minimum absolute atomic E-state index is 0.0219. The topological polar surface area (TPSA) is 43.4 Å². The number of carbonyl (C=O) groups is 2. The van der Waals surface area contributed by atoms with Crippen molar-refractivity contribution in [3.8, 4) is 0 Å². The van der Waals surface area contributed by atoms with Crippen LogP contribution in [0.3, 0.4) is 0 Å². The van der Waals surface area contributed by atoms with E-state index in [1.165, 1.54) is 12.1 Å². The Kier molecular flexibility index (Phi) is 5.80. The Morgan fingerprint density at radius 2 is 1.75 bits per heavy atom. The average Bonchev–Trinajstić information content (AvgIpc) is 2.50. The second kappa shape index (κ2) is 7.64. The molecule has 1 aliphatic carbocycles. The smallest absolute Gasteiger partial charge is 0.416 e. The summed E-state index contributed by atoms with van der Waals surface area (Å²) in [4.78, 5) is 24.2. The highest BCUT2D eigenvalue weighted by Crippen LogP contribution is 2.33. The molecule has 0 heterocycles. The van der Waals surface area contributed by atoms with Crippen molar-refractivity contribution in [1.82, 2.24) is 0 Å². The molecule has 0 unspecified atom stereocenters. The zero-order chi connectivity index (χ0) is 17.7. The van der Waals surface area contributed by atoms with Gasteiger partial charge in [-0.3, -0.25) is 4.79 Å². The first-order valence-electron chi connectivity index (χ1n) is 7.91. The van der Waals surface area contributed by atoms with Crippen molar-refractivity contribution in [1.29, 1.82) is 0 Å². The fraction of sp³-hybridized carbons (Fsp3) is 0.444. The fourth-order valence-electron chi connectivity index (χ4n) is 2.75. The van der Waals surface area contributed by atoms with Gasteiger partial charge in [0.15, 0.2) is 0 Å². The van der Waals surface area contributed by atoms with Crippen molar-refractivity contribution in [3.05, 3.63) is 41.0 Å². The second-order valence-corrected chi connectivity index (χ2v) is 5.68. The summed E-state index contributed by atoms with van der Waals surface area (Å²) in [7, 11) is 0. The van der Waals surface area contributed by atoms with Crippen molar-refractivity contribution in [2.75, 3.05) is 6.61 Å². The largest absolute Gasteiger partial charge is 0.463 e. The fourth-order valence-corrected chi connectivity index (χ4v) is 2.75. The number of esters is 1. The molecule has 2 rings (SSSR count). The molecule has 0 aliphatic heterocycles. The number of hydrogen-bond donors (Lipinski definition) is 0. The molecule has 0 bridgehead atoms. The molecule has 0 saturated heterocycles. The normalized spacial score (nSPS) is 19.6. The van der Waals surface area contributed by atoms with Gasteiger partial charge in [-0.15, -0.1) is 0 Å². The Balaban J connectivity index is 2.46. The maximum absolute atomic E-state index is 12.7. The summed E-state index contributed by atoms with van der Waals surface area (Å²) in [5, 5.41) is 0. The quantitative estimate of drug-likeness (QED) is 0.758. The minimum atomic E-state index is -4.42. The minimum Gasteiger partial charge on any atom is -0.463 e. The van der Waals surface area contributed by atoms with E-state index >= 15 is 0 Å². The number of rotatable bonds is 3. The van der Waals surface area contributed by atoms with Crippen LogP contribution in [-0.2, 0) is 20.5 Å². The summed E-state index contributed by atoms with van der Waals surface area (Å²) < 4.78 is 43.2. The van der Waals surface area contributed by atoms with E-state index in [-0.39, 0.29) is 18.8 Å². The summed E-state index contributed by atoms with van der Waals surface area (Å²) >= 11 is 0. The van der Waals surface area contributed by atoms with Crippen LogP contribution in [0.5, 0.6) is 0 Å². The first-order chi connectivity index (χ1) is 11.3. The molecule has 1 aromatic carbocycles. The van der Waals surface area contributed by atoms with E-state index in [1.54, 1.807) is 6.92 Å². The molecular formula is C18H19F3O3. The number of allylic oxidation sites excluding steroid dienone is 1. The molecule has 6 heteroatoms. The van der Waals surface area contributed by atoms with Crippen LogP contribution in [0.4, 0.5) is 13.2 Å². The molecule has 1 aromatic rings. The van der Waals surface area contributed by atoms with Gasteiger partial charge in [0.05, 0.1) is 12.2 Å². The highest BCUT2D eigenvalue weighted by molar-refractivity contribution is 6.02. The number of ether oxygens (including phenoxy) is 1. The van der Waals surface area contributed by atoms with Crippen molar-refractivity contribution < 1.29 is 27.5 Å². The van der Waals surface area contributed by atoms with Crippen LogP contribution in [0.2, 0.25) is 0 Å². The summed E-state index contributed by atoms with van der Waals surface area (Å²) in [6.45, 7) is 1.89. The van der Waals surface area contributed by atoms with Gasteiger partial charge < -0.3 is 4.74 Å². The number of halogens is 3. The van der Waals surface area contributed by atoms with Gasteiger partial charge in [0.1, 0.15) is 5.78 Å². The van der Waals surface area contributed by atoms with Crippen LogP contribution < -0.4 is 0 Å². The highest BCUT2D eigenvalue weighted by Gasteiger charge is 2.30. The zero-order valence-electron chi connectivity index (χ0n) is 13.4. The lowest BCUT2D eigenvalue weighted by atomic mass is 9.88. The van der Waals surface area contributed by atoms with E-state index < -0.39 is 17.7 Å². The molecule has 0 amide bonds. The molecule has 1 aliphatic rings. The monoisotopic (exact) mass is 340 g/mol. The van der Waals surface area contributed by atoms with Crippen LogP contribution in [0, 0.1) is 0 Å². The summed E-state index contributed by atoms with van der Waals surface area (Å²) in [6, 6.07) is 4.56. The van der Waals surface area contributed by atoms with E-state index in [4.69, 9.17) is 4.74 Å². The third-order valence-electron chi connectivity index (χ3n) is 3.95. The van der Waals surface area contributed by atoms with E-state index in [2.05, 4.69) is 0 Å². The van der Waals surface area contributed by atoms with Crippen molar-refractivity contribution in [3.63, 3.8) is 0 Å². The van der Waals surface area contributed by atoms with Gasteiger partial charge in [-0.25, -0.2) is 4.79 Å². The number of carbonyl (C=O) groups excluding carboxylic acids is 2. The van der Waals surface area contributed by atoms with Crippen LogP contribution in [-0.4, -0.2) is 18.4 Å². The number of alkyl halides is 3. The predicted molar refractivity (Wildman–Crippen MR) is 83.1 cm³/mol. The summed E-state index contributed by atoms with van der Waals surface area (Å²) in [5.41, 5.74) is 0.569. The lowest BCUT2D eigenvalue weighted by molar-refractivity contribution is -0.139. The van der Waals surface area contributed by atoms with Crippen LogP contribution in [0.1, 0.15) is 50.2 Å². The Hall–Kier alpha value is -2.11. The molecule has 0 fully saturated rings. The van der Waals surface area contributed by atoms with Gasteiger partial charge in [0, 0.05) is 18.4 Å². The van der Waals surface area contributed by atoms with Gasteiger partial charge in [-0.2, -0.15) is 13.2 Å². The van der Waals surface area contributed by atoms with E-state index in [1.807, 2.05) is 0 Å². The predicted octanol–water partition coefficient (Wildman–Crippen LogP) is 4.56. The van der Waals surface area contributed by atoms with E-state index in [0.717, 1.165) is 12.1 Å². The number of Topliss-reactive ketones (excluding diaryl/α,β-unsaturated/α-hetero) is 1. The lowest BCUT2D eigenvalue weighted by Crippen LogP contribution is -2.14. The zero-order valence-corrected chi connectivity index (χ0v) is 13.4. The highest BCUT2D eigenvalue weighted by atomic mass is 19.4. The molecule has 0 saturated carbocycles. The van der Waals surface area contributed by atoms with Gasteiger partial charge in [0.2, 0.25) is 0 Å². The number of benzene rings is 1. The molecule has 0 spiro atoms. The van der Waals surface area contributed by atoms with E-state index in [0.29, 0.717) is 42.4 Å². The first kappa shape index (κ1) is 18.2. The van der Waals surface area contributed by atoms with Gasteiger partial charge >= 0.3 is 12.1 Å². The lowest BCUT2D eigenvalue weighted by Gasteiger charge is -2.18. The second-order valence-electron chi connectivity index (χ2n) is 5.68. The molecule has 24 heavy (non-hydrogen) atoms. The molecule has 0 atom stereocenters. The van der Waals surface area contributed by atoms with E-state index in [9.17, 15) is 22.8 Å². The molecule has 130 valence electrons. The Bertz CT molecular complexity index is 642. The van der Waals surface area contributed by atoms with Crippen LogP contribution >= 0.6 is 0 Å². The summed E-state index contributed by atoms with van der Waals surface area (Å²) in [5.74, 6) is -0.520. The number of ketones is 1. The van der Waals surface area contributed by atoms with Crippen molar-refractivity contribution in [2.45, 2.75) is 45.2 Å². The molecule has 0 aromatic heterocycles. The molecule has 0 N–H and O–H groups in total. The van der Waals surface area contributed by atoms with Gasteiger partial charge in [-0.1, -0.05) is 12.1 Å². The maximum atomic E-state index is 12.7. The van der Waals surface area contributed by atoms with Crippen LogP contribution in [0.25, 0.3) is 5.57 Å². The van der Waals surface area contributed by atoms with Crippen molar-refractivity contribution in [2.24, 2.45) is 0 Å². The SMILES string of the molecule is CCOC(=O)/C1=C(\c2ccc(C(F)(F)F)cc2)CC(=O)CCCC1. The molecular weight excluding hydrogens is 321 g/mol. The maximum Gasteiger partial charge on any atom is 0.416 e. The molecule has 0 radical (unpaired) electrons. The van der Waals surface area contributed by atoms with Crippen molar-refractivity contribution >= 4 is 17.3 Å². The van der Waals surface area contributed by atoms with Gasteiger partial charge in [0.25, 0.3) is 0 Å². The Labute approximate surface area is 138 Å². The van der Waals surface area contributed by atoms with Crippen LogP contribution in [0.15, 0.2) is 29.8 Å². The average molecular weight is 340 g/mol. The molecule has 3 nitrogen and oxygen atoms in total. The standard InChI is InChI=1S/C18H19F3O3/c1-2-24-17(23)15-6-4-3-5-14(22)11-16(15)12-7-9-13(10-8-12)18(19,20)21/h7-10H,2-6,11H2,1H3/b16-15-. The third kappa shape index (κ3) is 4.46. The third-order valence-corrected chi connectivity index (χ3v) is 3.95. The van der Waals surface area contributed by atoms with Gasteiger partial charge in [-0.05, 0) is 49.5 Å². The Morgan fingerprint density at radius 1 is 1.12 bits per heavy atom.